The Morgan fingerprint density at radius 3 is 2.26 bits per heavy atom. The van der Waals surface area contributed by atoms with E-state index in [4.69, 9.17) is 15.0 Å². The van der Waals surface area contributed by atoms with Crippen LogP contribution in [0.5, 0.6) is 5.75 Å². The number of nitrogens with zero attached hydrogens (tertiary/aromatic N) is 3. The Hall–Kier alpha value is -4.26. The van der Waals surface area contributed by atoms with Gasteiger partial charge in [0, 0.05) is 11.0 Å². The number of ether oxygens (including phenoxy) is 1. The van der Waals surface area contributed by atoms with Crippen LogP contribution in [0.15, 0.2) is 45.8 Å². The van der Waals surface area contributed by atoms with Crippen molar-refractivity contribution in [2.45, 2.75) is 92.3 Å². The first-order valence-corrected chi connectivity index (χ1v) is 17.1. The van der Waals surface area contributed by atoms with Gasteiger partial charge in [0.1, 0.15) is 11.6 Å². The van der Waals surface area contributed by atoms with E-state index < -0.39 is 85.0 Å². The molecule has 2 amide bonds. The molecule has 3 fully saturated rings. The van der Waals surface area contributed by atoms with E-state index in [-0.39, 0.29) is 23.9 Å². The van der Waals surface area contributed by atoms with Gasteiger partial charge in [-0.3, -0.25) is 9.59 Å². The Morgan fingerprint density at radius 2 is 1.70 bits per heavy atom. The fourth-order valence-electron chi connectivity index (χ4n) is 6.74. The molecule has 0 spiro atoms. The summed E-state index contributed by atoms with van der Waals surface area (Å²) in [7, 11) is -4.34. The number of carbonyl (C=O) groups is 2. The minimum absolute atomic E-state index is 0.119. The Kier molecular flexibility index (Phi) is 8.68. The number of nitrogens with one attached hydrogen (secondary N) is 1. The molecule has 0 saturated heterocycles. The molecule has 4 aliphatic rings. The Morgan fingerprint density at radius 1 is 1.08 bits per heavy atom. The van der Waals surface area contributed by atoms with Gasteiger partial charge in [0.05, 0.1) is 34.5 Å². The third kappa shape index (κ3) is 6.63. The van der Waals surface area contributed by atoms with E-state index in [0.29, 0.717) is 50.2 Å². The van der Waals surface area contributed by atoms with Gasteiger partial charge < -0.3 is 25.2 Å². The maximum absolute atomic E-state index is 15.6. The molecule has 3 saturated carbocycles. The predicted molar refractivity (Wildman–Crippen MR) is 159 cm³/mol. The summed E-state index contributed by atoms with van der Waals surface area (Å²) in [5, 5.41) is 5.90. The number of alkyl halides is 6. The van der Waals surface area contributed by atoms with Crippen LogP contribution < -0.4 is 20.7 Å². The SMILES string of the molecule is C[C@@H](Oc1ccc(CN2C(=O)[C@@H](N)CS(=O)(=O)c3cc(F)c(C(=O)NC45CCC(c6nc(C(F)(F)F)no6)(CC4)CC5)cc32)cc1)C(F)(F)F. The largest absolute Gasteiger partial charge is 0.481 e. The summed E-state index contributed by atoms with van der Waals surface area (Å²) in [6, 6.07) is 5.21. The highest BCUT2D eigenvalue weighted by Crippen LogP contribution is 2.53. The van der Waals surface area contributed by atoms with Crippen molar-refractivity contribution in [2.24, 2.45) is 5.73 Å². The van der Waals surface area contributed by atoms with E-state index in [1.165, 1.54) is 24.3 Å². The number of halogens is 7. The first-order valence-electron chi connectivity index (χ1n) is 15.4. The fraction of sp³-hybridized carbons (Fsp3) is 0.484. The number of anilines is 1. The molecule has 50 heavy (non-hydrogen) atoms. The smallest absolute Gasteiger partial charge is 0.455 e. The molecule has 7 rings (SSSR count). The third-order valence-electron chi connectivity index (χ3n) is 9.70. The second-order valence-electron chi connectivity index (χ2n) is 13.0. The Labute approximate surface area is 280 Å². The molecule has 3 N–H and O–H groups in total. The standard InChI is InChI=1S/C31H30F7N5O6S/c1-16(30(33,34)35)48-18-4-2-17(3-5-18)14-43-22-12-19(20(32)13-23(22)50(46,47)15-21(39)25(43)45)24(44)41-29-9-6-28(7-10-29,8-11-29)27-40-26(42-49-27)31(36,37)38/h2-5,12-13,16,21H,6-11,14-15,39H2,1H3,(H,41,44)/t16-,21+,28?,29?/m1/s1. The first-order chi connectivity index (χ1) is 23.2. The van der Waals surface area contributed by atoms with E-state index in [1.807, 2.05) is 0 Å². The number of fused-ring (bicyclic) bond motifs is 4. The number of aromatic nitrogens is 2. The third-order valence-corrected chi connectivity index (χ3v) is 11.5. The molecule has 1 aromatic heterocycles. The van der Waals surface area contributed by atoms with Crippen LogP contribution >= 0.6 is 0 Å². The Bertz CT molecular complexity index is 1910. The molecule has 1 aliphatic heterocycles. The molecule has 2 heterocycles. The highest BCUT2D eigenvalue weighted by atomic mass is 32.2. The number of nitrogens with two attached hydrogens (primary N) is 1. The molecule has 0 radical (unpaired) electrons. The van der Waals surface area contributed by atoms with Crippen LogP contribution in [0.3, 0.4) is 0 Å². The van der Waals surface area contributed by atoms with E-state index in [1.54, 1.807) is 0 Å². The molecular weight excluding hydrogens is 703 g/mol. The van der Waals surface area contributed by atoms with Gasteiger partial charge in [-0.2, -0.15) is 31.3 Å². The average Bonchev–Trinajstić information content (AvgIpc) is 3.55. The summed E-state index contributed by atoms with van der Waals surface area (Å²) in [6.07, 6.45) is -9.70. The molecule has 3 aliphatic carbocycles. The van der Waals surface area contributed by atoms with E-state index in [2.05, 4.69) is 15.5 Å². The minimum atomic E-state index is -4.78. The van der Waals surface area contributed by atoms with Crippen molar-refractivity contribution >= 4 is 27.3 Å². The molecule has 3 aromatic rings. The van der Waals surface area contributed by atoms with Crippen molar-refractivity contribution in [3.8, 4) is 5.75 Å². The van der Waals surface area contributed by atoms with Crippen LogP contribution in [0.2, 0.25) is 0 Å². The second kappa shape index (κ2) is 12.2. The van der Waals surface area contributed by atoms with Crippen molar-refractivity contribution in [1.29, 1.82) is 0 Å². The predicted octanol–water partition coefficient (Wildman–Crippen LogP) is 4.98. The summed E-state index contributed by atoms with van der Waals surface area (Å²) in [6.45, 7) is 0.492. The number of hydrogen-bond acceptors (Lipinski definition) is 9. The molecule has 11 nitrogen and oxygen atoms in total. The van der Waals surface area contributed by atoms with Gasteiger partial charge in [0.25, 0.3) is 11.7 Å². The van der Waals surface area contributed by atoms with Gasteiger partial charge in [0.2, 0.25) is 11.8 Å². The fourth-order valence-corrected chi connectivity index (χ4v) is 8.31. The highest BCUT2D eigenvalue weighted by molar-refractivity contribution is 7.91. The maximum atomic E-state index is 15.6. The van der Waals surface area contributed by atoms with Gasteiger partial charge >= 0.3 is 12.4 Å². The van der Waals surface area contributed by atoms with E-state index >= 15 is 4.39 Å². The lowest BCUT2D eigenvalue weighted by molar-refractivity contribution is -0.189. The molecule has 0 unspecified atom stereocenters. The minimum Gasteiger partial charge on any atom is -0.481 e. The van der Waals surface area contributed by atoms with E-state index in [9.17, 15) is 44.3 Å². The number of amides is 2. The molecule has 2 aromatic carbocycles. The van der Waals surface area contributed by atoms with Crippen molar-refractivity contribution in [2.75, 3.05) is 10.7 Å². The van der Waals surface area contributed by atoms with Crippen LogP contribution in [0.1, 0.15) is 73.1 Å². The average molecular weight is 734 g/mol. The molecule has 19 heteroatoms. The van der Waals surface area contributed by atoms with Gasteiger partial charge in [-0.25, -0.2) is 12.8 Å². The summed E-state index contributed by atoms with van der Waals surface area (Å²) in [4.78, 5) is 31.0. The topological polar surface area (TPSA) is 158 Å². The summed E-state index contributed by atoms with van der Waals surface area (Å²) in [5.74, 6) is -5.44. The van der Waals surface area contributed by atoms with Gasteiger partial charge in [-0.05, 0) is 75.3 Å². The Balaban J connectivity index is 1.25. The quantitative estimate of drug-likeness (QED) is 0.320. The summed E-state index contributed by atoms with van der Waals surface area (Å²) < 4.78 is 130. The van der Waals surface area contributed by atoms with Crippen molar-refractivity contribution in [3.05, 3.63) is 65.1 Å². The number of sulfone groups is 1. The summed E-state index contributed by atoms with van der Waals surface area (Å²) >= 11 is 0. The zero-order chi connectivity index (χ0) is 36.4. The normalized spacial score (nSPS) is 25.5. The van der Waals surface area contributed by atoms with Gasteiger partial charge in [-0.15, -0.1) is 0 Å². The highest BCUT2D eigenvalue weighted by Gasteiger charge is 2.54. The van der Waals surface area contributed by atoms with E-state index in [0.717, 1.165) is 17.9 Å². The lowest BCUT2D eigenvalue weighted by atomic mass is 9.57. The monoisotopic (exact) mass is 733 g/mol. The van der Waals surface area contributed by atoms with Crippen LogP contribution in [-0.4, -0.2) is 60.0 Å². The molecular formula is C31H30F7N5O6S. The van der Waals surface area contributed by atoms with Crippen molar-refractivity contribution < 1.29 is 58.0 Å². The lowest BCUT2D eigenvalue weighted by Crippen LogP contribution is -2.58. The van der Waals surface area contributed by atoms with Crippen molar-refractivity contribution in [3.63, 3.8) is 0 Å². The first kappa shape index (κ1) is 35.6. The zero-order valence-electron chi connectivity index (χ0n) is 26.2. The molecule has 2 atom stereocenters. The second-order valence-corrected chi connectivity index (χ2v) is 15.0. The number of hydrogen-bond donors (Lipinski definition) is 2. The zero-order valence-corrected chi connectivity index (χ0v) is 27.0. The number of rotatable bonds is 7. The van der Waals surface area contributed by atoms with Crippen LogP contribution in [0.4, 0.5) is 36.4 Å². The van der Waals surface area contributed by atoms with Gasteiger partial charge in [0.15, 0.2) is 15.9 Å². The molecule has 270 valence electrons. The molecule has 2 bridgehead atoms. The lowest BCUT2D eigenvalue weighted by Gasteiger charge is -2.52. The van der Waals surface area contributed by atoms with Crippen LogP contribution in [0, 0.1) is 5.82 Å². The number of carbonyl (C=O) groups excluding carboxylic acids is 2. The van der Waals surface area contributed by atoms with Gasteiger partial charge in [-0.1, -0.05) is 17.3 Å². The number of benzene rings is 2. The van der Waals surface area contributed by atoms with Crippen LogP contribution in [-0.2, 0) is 32.8 Å². The van der Waals surface area contributed by atoms with Crippen molar-refractivity contribution in [1.82, 2.24) is 15.5 Å². The van der Waals surface area contributed by atoms with Crippen LogP contribution in [0.25, 0.3) is 0 Å². The maximum Gasteiger partial charge on any atom is 0.455 e. The summed E-state index contributed by atoms with van der Waals surface area (Å²) in [5.41, 5.74) is 3.70.